The molecule has 0 unspecified atom stereocenters. The van der Waals surface area contributed by atoms with Gasteiger partial charge in [0.15, 0.2) is 0 Å². The van der Waals surface area contributed by atoms with Crippen LogP contribution in [0.4, 0.5) is 0 Å². The van der Waals surface area contributed by atoms with Gasteiger partial charge in [0, 0.05) is 0 Å². The number of nitrogens with zero attached hydrogens (tertiary/aromatic N) is 3. The predicted molar refractivity (Wildman–Crippen MR) is 75.9 cm³/mol. The molecule has 1 atom stereocenters. The van der Waals surface area contributed by atoms with Crippen LogP contribution >= 0.6 is 0 Å². The van der Waals surface area contributed by atoms with Crippen molar-refractivity contribution in [1.82, 2.24) is 20.3 Å². The van der Waals surface area contributed by atoms with E-state index in [1.54, 1.807) is 23.1 Å². The highest BCUT2D eigenvalue weighted by atomic mass is 16.3. The normalized spacial score (nSPS) is 12.0. The third kappa shape index (κ3) is 2.84. The van der Waals surface area contributed by atoms with Gasteiger partial charge in [0.2, 0.25) is 0 Å². The molecule has 0 fully saturated rings. The van der Waals surface area contributed by atoms with E-state index in [2.05, 4.69) is 15.6 Å². The van der Waals surface area contributed by atoms with Crippen molar-refractivity contribution in [3.05, 3.63) is 66.4 Å². The highest BCUT2D eigenvalue weighted by Gasteiger charge is 2.12. The Morgan fingerprint density at radius 1 is 1.29 bits per heavy atom. The van der Waals surface area contributed by atoms with Gasteiger partial charge in [0.1, 0.15) is 6.26 Å². The van der Waals surface area contributed by atoms with Crippen molar-refractivity contribution < 1.29 is 9.21 Å². The second kappa shape index (κ2) is 5.62. The maximum Gasteiger partial charge on any atom is 0.255 e. The molecule has 0 bridgehead atoms. The molecule has 3 aromatic rings. The number of aromatic nitrogens is 3. The fourth-order valence-electron chi connectivity index (χ4n) is 2.02. The van der Waals surface area contributed by atoms with E-state index in [4.69, 9.17) is 4.42 Å². The van der Waals surface area contributed by atoms with Crippen LogP contribution in [-0.4, -0.2) is 20.9 Å². The fourth-order valence-corrected chi connectivity index (χ4v) is 2.02. The van der Waals surface area contributed by atoms with Gasteiger partial charge in [0.05, 0.1) is 35.9 Å². The first-order valence-electron chi connectivity index (χ1n) is 6.54. The standard InChI is InChI=1S/C15H14N4O2/c1-11(17-15(20)13-6-9-21-10-13)12-2-4-14(5-3-12)19-8-7-16-18-19/h2-11H,1H3,(H,17,20)/t11-/m1/s1. The first-order valence-corrected chi connectivity index (χ1v) is 6.54. The van der Waals surface area contributed by atoms with Gasteiger partial charge in [-0.1, -0.05) is 17.3 Å². The molecule has 2 aromatic heterocycles. The third-order valence-electron chi connectivity index (χ3n) is 3.21. The molecule has 0 aliphatic rings. The maximum atomic E-state index is 11.9. The van der Waals surface area contributed by atoms with Crippen LogP contribution in [0.15, 0.2) is 59.7 Å². The Morgan fingerprint density at radius 3 is 2.71 bits per heavy atom. The zero-order valence-corrected chi connectivity index (χ0v) is 11.4. The highest BCUT2D eigenvalue weighted by Crippen LogP contribution is 2.16. The minimum absolute atomic E-state index is 0.0998. The molecule has 0 radical (unpaired) electrons. The smallest absolute Gasteiger partial charge is 0.255 e. The van der Waals surface area contributed by atoms with Gasteiger partial charge in [0.25, 0.3) is 5.91 Å². The van der Waals surface area contributed by atoms with Crippen molar-refractivity contribution in [1.29, 1.82) is 0 Å². The van der Waals surface area contributed by atoms with Crippen molar-refractivity contribution >= 4 is 5.91 Å². The lowest BCUT2D eigenvalue weighted by Crippen LogP contribution is -2.26. The van der Waals surface area contributed by atoms with Gasteiger partial charge in [-0.2, -0.15) is 0 Å². The second-order valence-electron chi connectivity index (χ2n) is 4.65. The van der Waals surface area contributed by atoms with Gasteiger partial charge in [-0.15, -0.1) is 5.10 Å². The Hall–Kier alpha value is -2.89. The summed E-state index contributed by atoms with van der Waals surface area (Å²) >= 11 is 0. The summed E-state index contributed by atoms with van der Waals surface area (Å²) in [6, 6.07) is 9.32. The number of hydrogen-bond acceptors (Lipinski definition) is 4. The van der Waals surface area contributed by atoms with Crippen LogP contribution < -0.4 is 5.32 Å². The topological polar surface area (TPSA) is 73.0 Å². The van der Waals surface area contributed by atoms with Crippen LogP contribution in [0, 0.1) is 0 Å². The monoisotopic (exact) mass is 282 g/mol. The summed E-state index contributed by atoms with van der Waals surface area (Å²) in [4.78, 5) is 11.9. The van der Waals surface area contributed by atoms with Crippen LogP contribution in [0.3, 0.4) is 0 Å². The van der Waals surface area contributed by atoms with Crippen LogP contribution in [-0.2, 0) is 0 Å². The molecule has 1 amide bonds. The van der Waals surface area contributed by atoms with Crippen molar-refractivity contribution in [2.45, 2.75) is 13.0 Å². The van der Waals surface area contributed by atoms with E-state index >= 15 is 0 Å². The molecule has 0 saturated heterocycles. The number of rotatable bonds is 4. The van der Waals surface area contributed by atoms with E-state index in [0.717, 1.165) is 11.3 Å². The summed E-state index contributed by atoms with van der Waals surface area (Å²) < 4.78 is 6.58. The van der Waals surface area contributed by atoms with E-state index < -0.39 is 0 Å². The lowest BCUT2D eigenvalue weighted by Gasteiger charge is -2.14. The Morgan fingerprint density at radius 2 is 2.10 bits per heavy atom. The molecule has 0 aliphatic carbocycles. The molecular weight excluding hydrogens is 268 g/mol. The number of benzene rings is 1. The lowest BCUT2D eigenvalue weighted by atomic mass is 10.1. The number of nitrogens with one attached hydrogen (secondary N) is 1. The Balaban J connectivity index is 1.70. The summed E-state index contributed by atoms with van der Waals surface area (Å²) in [5.41, 5.74) is 2.45. The van der Waals surface area contributed by atoms with E-state index in [9.17, 15) is 4.79 Å². The van der Waals surface area contributed by atoms with Gasteiger partial charge in [-0.3, -0.25) is 4.79 Å². The number of carbonyl (C=O) groups is 1. The molecule has 0 spiro atoms. The molecule has 0 aliphatic heterocycles. The average molecular weight is 282 g/mol. The molecule has 6 heteroatoms. The minimum atomic E-state index is -0.156. The summed E-state index contributed by atoms with van der Waals surface area (Å²) in [6.07, 6.45) is 6.31. The largest absolute Gasteiger partial charge is 0.472 e. The summed E-state index contributed by atoms with van der Waals surface area (Å²) in [6.45, 7) is 1.93. The Labute approximate surface area is 121 Å². The molecule has 2 heterocycles. The van der Waals surface area contributed by atoms with Crippen LogP contribution in [0.5, 0.6) is 0 Å². The number of carbonyl (C=O) groups excluding carboxylic acids is 1. The molecule has 21 heavy (non-hydrogen) atoms. The van der Waals surface area contributed by atoms with Crippen molar-refractivity contribution in [2.75, 3.05) is 0 Å². The Bertz CT molecular complexity index is 703. The second-order valence-corrected chi connectivity index (χ2v) is 4.65. The number of amides is 1. The first-order chi connectivity index (χ1) is 10.2. The fraction of sp³-hybridized carbons (Fsp3) is 0.133. The van der Waals surface area contributed by atoms with Crippen molar-refractivity contribution in [3.63, 3.8) is 0 Å². The maximum absolute atomic E-state index is 11.9. The number of furan rings is 1. The van der Waals surface area contributed by atoms with E-state index in [1.807, 2.05) is 31.2 Å². The summed E-state index contributed by atoms with van der Waals surface area (Å²) in [5, 5.41) is 10.6. The average Bonchev–Trinajstić information content (AvgIpc) is 3.20. The van der Waals surface area contributed by atoms with Gasteiger partial charge in [-0.05, 0) is 30.7 Å². The molecule has 1 N–H and O–H groups in total. The SMILES string of the molecule is C[C@@H](NC(=O)c1ccoc1)c1ccc(-n2ccnn2)cc1. The third-order valence-corrected chi connectivity index (χ3v) is 3.21. The predicted octanol–water partition coefficient (Wildman–Crippen LogP) is 2.35. The molecule has 0 saturated carbocycles. The van der Waals surface area contributed by atoms with E-state index in [-0.39, 0.29) is 11.9 Å². The molecule has 106 valence electrons. The molecule has 3 rings (SSSR count). The zero-order valence-electron chi connectivity index (χ0n) is 11.4. The van der Waals surface area contributed by atoms with Crippen molar-refractivity contribution in [3.8, 4) is 5.69 Å². The molecule has 1 aromatic carbocycles. The van der Waals surface area contributed by atoms with Crippen LogP contribution in [0.1, 0.15) is 28.9 Å². The molecular formula is C15H14N4O2. The molecule has 6 nitrogen and oxygen atoms in total. The van der Waals surface area contributed by atoms with Gasteiger partial charge in [-0.25, -0.2) is 4.68 Å². The lowest BCUT2D eigenvalue weighted by molar-refractivity contribution is 0.0939. The van der Waals surface area contributed by atoms with E-state index in [0.29, 0.717) is 5.56 Å². The van der Waals surface area contributed by atoms with Crippen molar-refractivity contribution in [2.24, 2.45) is 0 Å². The summed E-state index contributed by atoms with van der Waals surface area (Å²) in [5.74, 6) is -0.156. The first kappa shape index (κ1) is 13.1. The highest BCUT2D eigenvalue weighted by molar-refractivity contribution is 5.94. The Kier molecular flexibility index (Phi) is 3.51. The van der Waals surface area contributed by atoms with Crippen LogP contribution in [0.25, 0.3) is 5.69 Å². The van der Waals surface area contributed by atoms with Crippen LogP contribution in [0.2, 0.25) is 0 Å². The zero-order chi connectivity index (χ0) is 14.7. The quantitative estimate of drug-likeness (QED) is 0.797. The number of hydrogen-bond donors (Lipinski definition) is 1. The van der Waals surface area contributed by atoms with E-state index in [1.165, 1.54) is 12.5 Å². The van der Waals surface area contributed by atoms with Gasteiger partial charge < -0.3 is 9.73 Å². The summed E-state index contributed by atoms with van der Waals surface area (Å²) in [7, 11) is 0. The van der Waals surface area contributed by atoms with Gasteiger partial charge >= 0.3 is 0 Å². The minimum Gasteiger partial charge on any atom is -0.472 e.